The van der Waals surface area contributed by atoms with Crippen molar-refractivity contribution in [2.75, 3.05) is 7.11 Å². The van der Waals surface area contributed by atoms with Crippen molar-refractivity contribution >= 4 is 12.0 Å². The molecule has 4 nitrogen and oxygen atoms in total. The van der Waals surface area contributed by atoms with Crippen LogP contribution in [0.15, 0.2) is 22.6 Å². The lowest BCUT2D eigenvalue weighted by molar-refractivity contribution is -0.134. The van der Waals surface area contributed by atoms with Crippen molar-refractivity contribution in [2.45, 2.75) is 32.3 Å². The first-order valence-corrected chi connectivity index (χ1v) is 6.19. The molecule has 0 radical (unpaired) electrons. The molecular formula is C15H18O4. The van der Waals surface area contributed by atoms with Gasteiger partial charge in [0.25, 0.3) is 0 Å². The molecule has 0 aliphatic rings. The van der Waals surface area contributed by atoms with Gasteiger partial charge >= 0.3 is 5.97 Å². The smallest absolute Gasteiger partial charge is 0.330 e. The fraction of sp³-hybridized carbons (Fsp3) is 0.400. The number of unbranched alkanes of at least 4 members (excludes halogenated alkanes) is 2. The van der Waals surface area contributed by atoms with Crippen molar-refractivity contribution in [1.82, 2.24) is 0 Å². The molecule has 1 unspecified atom stereocenters. The van der Waals surface area contributed by atoms with E-state index in [-0.39, 0.29) is 0 Å². The molecule has 0 amide bonds. The Morgan fingerprint density at radius 1 is 1.58 bits per heavy atom. The summed E-state index contributed by atoms with van der Waals surface area (Å²) in [6, 6.07) is 3.29. The number of aliphatic hydroxyl groups is 1. The fourth-order valence-corrected chi connectivity index (χ4v) is 1.33. The predicted octanol–water partition coefficient (Wildman–Crippen LogP) is 2.69. The van der Waals surface area contributed by atoms with E-state index >= 15 is 0 Å². The number of carbonyl (C=O) groups is 1. The topological polar surface area (TPSA) is 59.7 Å². The number of methoxy groups -OCH3 is 1. The SMILES string of the molecule is CCCCC#CC(O)c1ccc(C=CC(=O)OC)o1. The maximum Gasteiger partial charge on any atom is 0.330 e. The number of ether oxygens (including phenoxy) is 1. The zero-order chi connectivity index (χ0) is 14.1. The van der Waals surface area contributed by atoms with E-state index in [0.29, 0.717) is 11.5 Å². The Bertz CT molecular complexity index is 488. The zero-order valence-electron chi connectivity index (χ0n) is 11.2. The van der Waals surface area contributed by atoms with Gasteiger partial charge in [-0.05, 0) is 24.6 Å². The molecule has 4 heteroatoms. The Balaban J connectivity index is 2.60. The van der Waals surface area contributed by atoms with Gasteiger partial charge in [0.05, 0.1) is 7.11 Å². The Labute approximate surface area is 113 Å². The standard InChI is InChI=1S/C15H18O4/c1-3-4-5-6-7-13(16)14-10-8-12(19-14)9-11-15(17)18-2/h8-11,13,16H,3-5H2,1-2H3. The number of furan rings is 1. The second-order valence-corrected chi connectivity index (χ2v) is 3.92. The van der Waals surface area contributed by atoms with Crippen LogP contribution in [0.3, 0.4) is 0 Å². The first kappa shape index (κ1) is 15.1. The molecule has 19 heavy (non-hydrogen) atoms. The average molecular weight is 262 g/mol. The van der Waals surface area contributed by atoms with Gasteiger partial charge in [-0.15, -0.1) is 5.92 Å². The van der Waals surface area contributed by atoms with E-state index in [4.69, 9.17) is 4.42 Å². The van der Waals surface area contributed by atoms with Gasteiger partial charge < -0.3 is 14.3 Å². The van der Waals surface area contributed by atoms with Gasteiger partial charge in [-0.3, -0.25) is 0 Å². The number of hydrogen-bond donors (Lipinski definition) is 1. The second-order valence-electron chi connectivity index (χ2n) is 3.92. The summed E-state index contributed by atoms with van der Waals surface area (Å²) in [5.41, 5.74) is 0. The molecule has 0 bridgehead atoms. The highest BCUT2D eigenvalue weighted by molar-refractivity contribution is 5.86. The van der Waals surface area contributed by atoms with Crippen molar-refractivity contribution in [3.63, 3.8) is 0 Å². The van der Waals surface area contributed by atoms with Crippen LogP contribution in [0, 0.1) is 11.8 Å². The first-order chi connectivity index (χ1) is 9.17. The normalized spacial score (nSPS) is 11.9. The van der Waals surface area contributed by atoms with Crippen LogP contribution in [0.4, 0.5) is 0 Å². The number of aliphatic hydroxyl groups excluding tert-OH is 1. The van der Waals surface area contributed by atoms with Crippen LogP contribution >= 0.6 is 0 Å². The Morgan fingerprint density at radius 2 is 2.37 bits per heavy atom. The molecule has 0 saturated heterocycles. The Kier molecular flexibility index (Phi) is 6.48. The summed E-state index contributed by atoms with van der Waals surface area (Å²) in [6.07, 6.45) is 4.66. The number of esters is 1. The van der Waals surface area contributed by atoms with Gasteiger partial charge in [0.2, 0.25) is 0 Å². The van der Waals surface area contributed by atoms with Crippen LogP contribution in [0.25, 0.3) is 6.08 Å². The maximum absolute atomic E-state index is 10.9. The van der Waals surface area contributed by atoms with E-state index < -0.39 is 12.1 Å². The minimum Gasteiger partial charge on any atom is -0.466 e. The summed E-state index contributed by atoms with van der Waals surface area (Å²) in [5, 5.41) is 9.77. The molecular weight excluding hydrogens is 244 g/mol. The lowest BCUT2D eigenvalue weighted by Crippen LogP contribution is -1.93. The van der Waals surface area contributed by atoms with Crippen molar-refractivity contribution in [3.05, 3.63) is 29.7 Å². The van der Waals surface area contributed by atoms with Crippen molar-refractivity contribution in [2.24, 2.45) is 0 Å². The molecule has 0 spiro atoms. The van der Waals surface area contributed by atoms with E-state index in [1.54, 1.807) is 12.1 Å². The van der Waals surface area contributed by atoms with Gasteiger partial charge in [0, 0.05) is 12.5 Å². The van der Waals surface area contributed by atoms with Gasteiger partial charge in [-0.2, -0.15) is 0 Å². The molecule has 1 atom stereocenters. The third-order valence-corrected chi connectivity index (χ3v) is 2.40. The minimum atomic E-state index is -0.933. The molecule has 1 aromatic rings. The van der Waals surface area contributed by atoms with E-state index in [1.807, 2.05) is 0 Å². The summed E-state index contributed by atoms with van der Waals surface area (Å²) < 4.78 is 9.81. The van der Waals surface area contributed by atoms with E-state index in [1.165, 1.54) is 19.3 Å². The summed E-state index contributed by atoms with van der Waals surface area (Å²) >= 11 is 0. The van der Waals surface area contributed by atoms with Crippen molar-refractivity contribution < 1.29 is 19.1 Å². The van der Waals surface area contributed by atoms with Crippen molar-refractivity contribution in [3.8, 4) is 11.8 Å². The highest BCUT2D eigenvalue weighted by atomic mass is 16.5. The van der Waals surface area contributed by atoms with Gasteiger partial charge in [0.1, 0.15) is 11.5 Å². The van der Waals surface area contributed by atoms with Crippen LogP contribution in [-0.2, 0) is 9.53 Å². The highest BCUT2D eigenvalue weighted by Crippen LogP contribution is 2.17. The molecule has 102 valence electrons. The Hall–Kier alpha value is -1.99. The largest absolute Gasteiger partial charge is 0.466 e. The van der Waals surface area contributed by atoms with Gasteiger partial charge in [-0.1, -0.05) is 19.3 Å². The van der Waals surface area contributed by atoms with Crippen LogP contribution in [0.1, 0.15) is 43.8 Å². The molecule has 0 aliphatic heterocycles. The lowest BCUT2D eigenvalue weighted by atomic mass is 10.2. The molecule has 0 fully saturated rings. The highest BCUT2D eigenvalue weighted by Gasteiger charge is 2.08. The van der Waals surface area contributed by atoms with Gasteiger partial charge in [0.15, 0.2) is 6.10 Å². The van der Waals surface area contributed by atoms with Gasteiger partial charge in [-0.25, -0.2) is 4.79 Å². The molecule has 1 heterocycles. The maximum atomic E-state index is 10.9. The molecule has 1 aromatic heterocycles. The third-order valence-electron chi connectivity index (χ3n) is 2.40. The summed E-state index contributed by atoms with van der Waals surface area (Å²) in [6.45, 7) is 2.09. The monoisotopic (exact) mass is 262 g/mol. The van der Waals surface area contributed by atoms with Crippen LogP contribution in [0.5, 0.6) is 0 Å². The van der Waals surface area contributed by atoms with E-state index in [9.17, 15) is 9.90 Å². The molecule has 0 aromatic carbocycles. The zero-order valence-corrected chi connectivity index (χ0v) is 11.2. The number of carbonyl (C=O) groups excluding carboxylic acids is 1. The van der Waals surface area contributed by atoms with Crippen LogP contribution < -0.4 is 0 Å². The van der Waals surface area contributed by atoms with Crippen LogP contribution in [0.2, 0.25) is 0 Å². The van der Waals surface area contributed by atoms with Crippen molar-refractivity contribution in [1.29, 1.82) is 0 Å². The summed E-state index contributed by atoms with van der Waals surface area (Å²) in [5.74, 6) is 6.00. The number of hydrogen-bond acceptors (Lipinski definition) is 4. The average Bonchev–Trinajstić information content (AvgIpc) is 2.89. The number of rotatable bonds is 5. The summed E-state index contributed by atoms with van der Waals surface area (Å²) in [7, 11) is 1.30. The third kappa shape index (κ3) is 5.45. The molecule has 1 N–H and O–H groups in total. The second kappa shape index (κ2) is 8.17. The molecule has 1 rings (SSSR count). The fourth-order valence-electron chi connectivity index (χ4n) is 1.33. The van der Waals surface area contributed by atoms with E-state index in [0.717, 1.165) is 19.3 Å². The quantitative estimate of drug-likeness (QED) is 0.383. The molecule has 0 aliphatic carbocycles. The minimum absolute atomic E-state index is 0.369. The predicted molar refractivity (Wildman–Crippen MR) is 72.0 cm³/mol. The first-order valence-electron chi connectivity index (χ1n) is 6.19. The van der Waals surface area contributed by atoms with Crippen LogP contribution in [-0.4, -0.2) is 18.2 Å². The van der Waals surface area contributed by atoms with E-state index in [2.05, 4.69) is 23.5 Å². The Morgan fingerprint density at radius 3 is 3.05 bits per heavy atom. The summed E-state index contributed by atoms with van der Waals surface area (Å²) in [4.78, 5) is 10.9. The molecule has 0 saturated carbocycles. The lowest BCUT2D eigenvalue weighted by Gasteiger charge is -1.97.